The van der Waals surface area contributed by atoms with Gasteiger partial charge in [-0.25, -0.2) is 0 Å². The first-order valence-corrected chi connectivity index (χ1v) is 4.05. The average Bonchev–Trinajstić information content (AvgIpc) is 1.89. The van der Waals surface area contributed by atoms with Crippen LogP contribution in [-0.4, -0.2) is 18.0 Å². The third kappa shape index (κ3) is 5.90. The fourth-order valence-electron chi connectivity index (χ4n) is 0.478. The number of nitrogens with zero attached hydrogens (tertiary/aromatic N) is 1. The molecule has 1 nitrogen and oxygen atoms in total. The van der Waals surface area contributed by atoms with Crippen LogP contribution < -0.4 is 0 Å². The van der Waals surface area contributed by atoms with E-state index in [9.17, 15) is 0 Å². The highest BCUT2D eigenvalue weighted by atomic mass is 32.1. The van der Waals surface area contributed by atoms with Gasteiger partial charge in [0.05, 0.1) is 0 Å². The van der Waals surface area contributed by atoms with Crippen LogP contribution in [0, 0.1) is 0 Å². The standard InChI is InChI=1S/C7H15NS/c1-3-4-5-8-7(2)6-9/h9H,3-6H2,1-2H3. The number of aliphatic imine (C=N–C) groups is 1. The Kier molecular flexibility index (Phi) is 6.16. The molecule has 0 aromatic heterocycles. The molecule has 0 saturated carbocycles. The zero-order valence-corrected chi connectivity index (χ0v) is 7.12. The van der Waals surface area contributed by atoms with Gasteiger partial charge < -0.3 is 0 Å². The molecular weight excluding hydrogens is 130 g/mol. The topological polar surface area (TPSA) is 12.4 Å². The van der Waals surface area contributed by atoms with E-state index in [1.165, 1.54) is 12.8 Å². The maximum Gasteiger partial charge on any atom is 0.0388 e. The monoisotopic (exact) mass is 145 g/mol. The molecule has 0 atom stereocenters. The van der Waals surface area contributed by atoms with Gasteiger partial charge in [-0.1, -0.05) is 13.3 Å². The highest BCUT2D eigenvalue weighted by Gasteiger charge is 1.83. The average molecular weight is 145 g/mol. The van der Waals surface area contributed by atoms with Gasteiger partial charge in [0.15, 0.2) is 0 Å². The van der Waals surface area contributed by atoms with E-state index in [-0.39, 0.29) is 0 Å². The molecule has 0 radical (unpaired) electrons. The number of hydrogen-bond acceptors (Lipinski definition) is 2. The third-order valence-electron chi connectivity index (χ3n) is 1.12. The fraction of sp³-hybridized carbons (Fsp3) is 0.857. The van der Waals surface area contributed by atoms with Crippen LogP contribution in [-0.2, 0) is 0 Å². The zero-order chi connectivity index (χ0) is 7.11. The van der Waals surface area contributed by atoms with Crippen molar-refractivity contribution in [3.05, 3.63) is 0 Å². The predicted molar refractivity (Wildman–Crippen MR) is 46.7 cm³/mol. The summed E-state index contributed by atoms with van der Waals surface area (Å²) in [6.45, 7) is 5.16. The van der Waals surface area contributed by atoms with Crippen molar-refractivity contribution < 1.29 is 0 Å². The molecule has 0 heterocycles. The van der Waals surface area contributed by atoms with Gasteiger partial charge >= 0.3 is 0 Å². The van der Waals surface area contributed by atoms with Crippen molar-refractivity contribution in [2.24, 2.45) is 4.99 Å². The smallest absolute Gasteiger partial charge is 0.0388 e. The summed E-state index contributed by atoms with van der Waals surface area (Å²) in [4.78, 5) is 4.27. The predicted octanol–water partition coefficient (Wildman–Crippen LogP) is 2.18. The first-order valence-electron chi connectivity index (χ1n) is 3.42. The molecule has 9 heavy (non-hydrogen) atoms. The lowest BCUT2D eigenvalue weighted by Crippen LogP contribution is -1.93. The quantitative estimate of drug-likeness (QED) is 0.354. The minimum atomic E-state index is 0.795. The molecule has 0 fully saturated rings. The molecule has 0 aliphatic rings. The second kappa shape index (κ2) is 6.14. The lowest BCUT2D eigenvalue weighted by atomic mass is 10.3. The number of hydrogen-bond donors (Lipinski definition) is 1. The van der Waals surface area contributed by atoms with Crippen molar-refractivity contribution in [3.8, 4) is 0 Å². The molecule has 0 aliphatic carbocycles. The molecule has 0 amide bonds. The Morgan fingerprint density at radius 3 is 2.67 bits per heavy atom. The van der Waals surface area contributed by atoms with Gasteiger partial charge in [0.25, 0.3) is 0 Å². The van der Waals surface area contributed by atoms with Gasteiger partial charge in [0.2, 0.25) is 0 Å². The van der Waals surface area contributed by atoms with Crippen molar-refractivity contribution in [2.45, 2.75) is 26.7 Å². The van der Waals surface area contributed by atoms with E-state index in [1.807, 2.05) is 6.92 Å². The Morgan fingerprint density at radius 1 is 1.56 bits per heavy atom. The van der Waals surface area contributed by atoms with E-state index in [2.05, 4.69) is 24.5 Å². The zero-order valence-electron chi connectivity index (χ0n) is 6.22. The summed E-state index contributed by atoms with van der Waals surface area (Å²) in [7, 11) is 0. The third-order valence-corrected chi connectivity index (χ3v) is 1.58. The van der Waals surface area contributed by atoms with Crippen LogP contribution in [0.2, 0.25) is 0 Å². The van der Waals surface area contributed by atoms with Crippen molar-refractivity contribution in [3.63, 3.8) is 0 Å². The van der Waals surface area contributed by atoms with Crippen molar-refractivity contribution in [1.29, 1.82) is 0 Å². The second-order valence-corrected chi connectivity index (χ2v) is 2.44. The Balaban J connectivity index is 3.21. The van der Waals surface area contributed by atoms with E-state index in [0.717, 1.165) is 18.0 Å². The highest BCUT2D eigenvalue weighted by molar-refractivity contribution is 7.81. The van der Waals surface area contributed by atoms with Crippen LogP contribution in [0.3, 0.4) is 0 Å². The lowest BCUT2D eigenvalue weighted by Gasteiger charge is -1.93. The Hall–Kier alpha value is 0.0200. The van der Waals surface area contributed by atoms with Crippen LogP contribution in [0.5, 0.6) is 0 Å². The molecule has 0 N–H and O–H groups in total. The molecule has 0 aromatic carbocycles. The molecule has 54 valence electrons. The maximum atomic E-state index is 4.27. The molecule has 0 bridgehead atoms. The van der Waals surface area contributed by atoms with Crippen molar-refractivity contribution >= 4 is 18.3 Å². The van der Waals surface area contributed by atoms with Gasteiger partial charge in [-0.15, -0.1) is 0 Å². The van der Waals surface area contributed by atoms with Crippen molar-refractivity contribution in [2.75, 3.05) is 12.3 Å². The van der Waals surface area contributed by atoms with Crippen LogP contribution >= 0.6 is 12.6 Å². The first kappa shape index (κ1) is 9.02. The summed E-state index contributed by atoms with van der Waals surface area (Å²) >= 11 is 4.09. The Labute approximate surface area is 63.0 Å². The number of thiol groups is 1. The van der Waals surface area contributed by atoms with Crippen LogP contribution in [0.15, 0.2) is 4.99 Å². The van der Waals surface area contributed by atoms with Gasteiger partial charge in [-0.2, -0.15) is 12.6 Å². The molecule has 0 aliphatic heterocycles. The first-order chi connectivity index (χ1) is 4.31. The summed E-state index contributed by atoms with van der Waals surface area (Å²) in [6.07, 6.45) is 2.43. The molecule has 2 heteroatoms. The minimum Gasteiger partial charge on any atom is -0.294 e. The highest BCUT2D eigenvalue weighted by Crippen LogP contribution is 1.88. The summed E-state index contributed by atoms with van der Waals surface area (Å²) in [5.74, 6) is 0.795. The summed E-state index contributed by atoms with van der Waals surface area (Å²) in [5, 5.41) is 0. The summed E-state index contributed by atoms with van der Waals surface area (Å²) in [5.41, 5.74) is 1.15. The number of unbranched alkanes of at least 4 members (excludes halogenated alkanes) is 1. The molecule has 0 unspecified atom stereocenters. The van der Waals surface area contributed by atoms with Gasteiger partial charge in [0, 0.05) is 18.0 Å². The Bertz CT molecular complexity index is 88.9. The summed E-state index contributed by atoms with van der Waals surface area (Å²) in [6, 6.07) is 0. The molecule has 0 spiro atoms. The number of rotatable bonds is 4. The summed E-state index contributed by atoms with van der Waals surface area (Å²) < 4.78 is 0. The van der Waals surface area contributed by atoms with Crippen LogP contribution in [0.25, 0.3) is 0 Å². The van der Waals surface area contributed by atoms with Gasteiger partial charge in [0.1, 0.15) is 0 Å². The van der Waals surface area contributed by atoms with E-state index in [1.54, 1.807) is 0 Å². The van der Waals surface area contributed by atoms with Crippen LogP contribution in [0.4, 0.5) is 0 Å². The molecule has 0 rings (SSSR count). The lowest BCUT2D eigenvalue weighted by molar-refractivity contribution is 0.807. The SMILES string of the molecule is CCCCN=C(C)CS. The van der Waals surface area contributed by atoms with Crippen molar-refractivity contribution in [1.82, 2.24) is 0 Å². The fourth-order valence-corrected chi connectivity index (χ4v) is 0.578. The molecular formula is C7H15NS. The van der Waals surface area contributed by atoms with E-state index in [4.69, 9.17) is 0 Å². The maximum absolute atomic E-state index is 4.27. The normalized spacial score (nSPS) is 12.1. The van der Waals surface area contributed by atoms with E-state index in [0.29, 0.717) is 0 Å². The second-order valence-electron chi connectivity index (χ2n) is 2.13. The minimum absolute atomic E-state index is 0.795. The Morgan fingerprint density at radius 2 is 2.22 bits per heavy atom. The van der Waals surface area contributed by atoms with Gasteiger partial charge in [-0.3, -0.25) is 4.99 Å². The van der Waals surface area contributed by atoms with Crippen LogP contribution in [0.1, 0.15) is 26.7 Å². The largest absolute Gasteiger partial charge is 0.294 e. The molecule has 0 saturated heterocycles. The van der Waals surface area contributed by atoms with Gasteiger partial charge in [-0.05, 0) is 13.3 Å². The molecule has 0 aromatic rings. The van der Waals surface area contributed by atoms with E-state index < -0.39 is 0 Å². The van der Waals surface area contributed by atoms with E-state index >= 15 is 0 Å².